The van der Waals surface area contributed by atoms with E-state index >= 15 is 0 Å². The van der Waals surface area contributed by atoms with Crippen LogP contribution in [-0.4, -0.2) is 28.3 Å². The molecule has 0 unspecified atom stereocenters. The number of carboxylic acid groups (broad SMARTS) is 2. The minimum absolute atomic E-state index is 0.0676. The summed E-state index contributed by atoms with van der Waals surface area (Å²) in [4.78, 5) is 21.2. The summed E-state index contributed by atoms with van der Waals surface area (Å²) in [7, 11) is 0. The molecular formula is C10H11NO5. The molecule has 1 aliphatic rings. The smallest absolute Gasteiger partial charge is 0.372 e. The Labute approximate surface area is 91.3 Å². The molecule has 0 saturated heterocycles. The van der Waals surface area contributed by atoms with Crippen molar-refractivity contribution in [2.75, 3.05) is 0 Å². The minimum atomic E-state index is -1.29. The van der Waals surface area contributed by atoms with E-state index in [0.717, 1.165) is 6.20 Å². The number of carboxylic acids is 2. The molecule has 0 spiro atoms. The van der Waals surface area contributed by atoms with E-state index in [1.54, 1.807) is 6.08 Å². The first-order valence-corrected chi connectivity index (χ1v) is 4.48. The molecule has 0 bridgehead atoms. The number of hydrogen-bond donors (Lipinski definition) is 3. The second kappa shape index (κ2) is 5.01. The van der Waals surface area contributed by atoms with Gasteiger partial charge in [0.2, 0.25) is 5.76 Å². The summed E-state index contributed by atoms with van der Waals surface area (Å²) in [5.41, 5.74) is 5.13. The zero-order valence-electron chi connectivity index (χ0n) is 8.29. The normalized spacial score (nSPS) is 20.1. The topological polar surface area (TPSA) is 110 Å². The molecule has 4 N–H and O–H groups in total. The molecule has 0 aromatic rings. The van der Waals surface area contributed by atoms with Gasteiger partial charge in [-0.25, -0.2) is 9.59 Å². The minimum Gasteiger partial charge on any atom is -0.478 e. The number of ether oxygens (including phenoxy) is 1. The zero-order valence-corrected chi connectivity index (χ0v) is 8.29. The van der Waals surface area contributed by atoms with Crippen molar-refractivity contribution in [3.63, 3.8) is 0 Å². The number of nitrogens with two attached hydrogens (primary N) is 1. The number of aliphatic carboxylic acids is 2. The SMILES string of the molecule is NC=C(O[C@@H]1C=C(C(=O)O)C=CC1)C(=O)O. The van der Waals surface area contributed by atoms with Gasteiger partial charge in [0.25, 0.3) is 0 Å². The molecule has 6 heteroatoms. The predicted molar refractivity (Wildman–Crippen MR) is 54.3 cm³/mol. The zero-order chi connectivity index (χ0) is 12.1. The molecule has 0 aliphatic heterocycles. The lowest BCUT2D eigenvalue weighted by Gasteiger charge is -2.17. The van der Waals surface area contributed by atoms with Crippen LogP contribution in [0.4, 0.5) is 0 Å². The molecule has 1 rings (SSSR count). The van der Waals surface area contributed by atoms with E-state index in [1.165, 1.54) is 12.2 Å². The lowest BCUT2D eigenvalue weighted by Crippen LogP contribution is -2.18. The first-order valence-electron chi connectivity index (χ1n) is 4.48. The van der Waals surface area contributed by atoms with Gasteiger partial charge in [0.1, 0.15) is 6.10 Å². The van der Waals surface area contributed by atoms with Crippen LogP contribution in [0.2, 0.25) is 0 Å². The Morgan fingerprint density at radius 3 is 2.69 bits per heavy atom. The summed E-state index contributed by atoms with van der Waals surface area (Å²) in [6.07, 6.45) is 4.99. The molecule has 0 heterocycles. The molecule has 86 valence electrons. The number of rotatable bonds is 4. The van der Waals surface area contributed by atoms with Crippen LogP contribution in [0.1, 0.15) is 6.42 Å². The number of carbonyl (C=O) groups is 2. The summed E-state index contributed by atoms with van der Waals surface area (Å²) in [5, 5.41) is 17.4. The van der Waals surface area contributed by atoms with Crippen LogP contribution in [0.5, 0.6) is 0 Å². The van der Waals surface area contributed by atoms with Crippen LogP contribution in [0, 0.1) is 0 Å². The van der Waals surface area contributed by atoms with E-state index in [2.05, 4.69) is 0 Å². The Hall–Kier alpha value is -2.24. The maximum absolute atomic E-state index is 10.7. The summed E-state index contributed by atoms with van der Waals surface area (Å²) in [6.45, 7) is 0. The molecule has 16 heavy (non-hydrogen) atoms. The lowest BCUT2D eigenvalue weighted by atomic mass is 10.1. The Kier molecular flexibility index (Phi) is 3.71. The Bertz CT molecular complexity index is 394. The fraction of sp³-hybridized carbons (Fsp3) is 0.200. The van der Waals surface area contributed by atoms with Gasteiger partial charge in [-0.3, -0.25) is 0 Å². The highest BCUT2D eigenvalue weighted by Crippen LogP contribution is 2.16. The monoisotopic (exact) mass is 225 g/mol. The molecule has 6 nitrogen and oxygen atoms in total. The average Bonchev–Trinajstić information content (AvgIpc) is 2.25. The van der Waals surface area contributed by atoms with Gasteiger partial charge in [0, 0.05) is 12.6 Å². The van der Waals surface area contributed by atoms with Crippen molar-refractivity contribution in [2.45, 2.75) is 12.5 Å². The van der Waals surface area contributed by atoms with Gasteiger partial charge >= 0.3 is 11.9 Å². The molecule has 0 radical (unpaired) electrons. The van der Waals surface area contributed by atoms with Gasteiger partial charge in [-0.2, -0.15) is 0 Å². The van der Waals surface area contributed by atoms with Crippen molar-refractivity contribution < 1.29 is 24.5 Å². The van der Waals surface area contributed by atoms with E-state index in [0.29, 0.717) is 6.42 Å². The first kappa shape index (κ1) is 11.8. The van der Waals surface area contributed by atoms with Gasteiger partial charge in [0.15, 0.2) is 0 Å². The van der Waals surface area contributed by atoms with Crippen molar-refractivity contribution in [2.24, 2.45) is 5.73 Å². The highest BCUT2D eigenvalue weighted by atomic mass is 16.5. The van der Waals surface area contributed by atoms with E-state index in [4.69, 9.17) is 20.7 Å². The van der Waals surface area contributed by atoms with Crippen molar-refractivity contribution in [3.8, 4) is 0 Å². The molecule has 1 aliphatic carbocycles. The standard InChI is InChI=1S/C10H11NO5/c11-5-8(10(14)15)16-7-3-1-2-6(4-7)9(12)13/h1-2,4-5,7H,3,11H2,(H,12,13)(H,14,15)/t7-/m0/s1. The summed E-state index contributed by atoms with van der Waals surface area (Å²) >= 11 is 0. The van der Waals surface area contributed by atoms with Gasteiger partial charge in [0.05, 0.1) is 5.57 Å². The molecule has 0 amide bonds. The van der Waals surface area contributed by atoms with E-state index in [1.807, 2.05) is 0 Å². The molecule has 0 aromatic carbocycles. The van der Waals surface area contributed by atoms with Crippen LogP contribution < -0.4 is 5.73 Å². The second-order valence-electron chi connectivity index (χ2n) is 3.06. The number of hydrogen-bond acceptors (Lipinski definition) is 4. The maximum atomic E-state index is 10.7. The fourth-order valence-corrected chi connectivity index (χ4v) is 1.20. The highest BCUT2D eigenvalue weighted by Gasteiger charge is 2.18. The lowest BCUT2D eigenvalue weighted by molar-refractivity contribution is -0.137. The fourth-order valence-electron chi connectivity index (χ4n) is 1.20. The molecule has 0 saturated carbocycles. The summed E-state index contributed by atoms with van der Waals surface area (Å²) < 4.78 is 5.03. The van der Waals surface area contributed by atoms with Crippen LogP contribution in [0.25, 0.3) is 0 Å². The van der Waals surface area contributed by atoms with Crippen molar-refractivity contribution in [1.29, 1.82) is 0 Å². The second-order valence-corrected chi connectivity index (χ2v) is 3.06. The van der Waals surface area contributed by atoms with Crippen molar-refractivity contribution >= 4 is 11.9 Å². The van der Waals surface area contributed by atoms with Crippen molar-refractivity contribution in [3.05, 3.63) is 35.8 Å². The highest BCUT2D eigenvalue weighted by molar-refractivity contribution is 5.90. The van der Waals surface area contributed by atoms with Gasteiger partial charge in [-0.15, -0.1) is 0 Å². The van der Waals surface area contributed by atoms with E-state index in [-0.39, 0.29) is 5.57 Å². The third-order valence-electron chi connectivity index (χ3n) is 1.92. The third kappa shape index (κ3) is 2.88. The molecule has 1 atom stereocenters. The Morgan fingerprint density at radius 1 is 1.50 bits per heavy atom. The van der Waals surface area contributed by atoms with Gasteiger partial charge < -0.3 is 20.7 Å². The van der Waals surface area contributed by atoms with Gasteiger partial charge in [-0.1, -0.05) is 12.2 Å². The quantitative estimate of drug-likeness (QED) is 0.466. The molecule has 0 aromatic heterocycles. The summed E-state index contributed by atoms with van der Waals surface area (Å²) in [5.74, 6) is -2.78. The molecule has 0 fully saturated rings. The average molecular weight is 225 g/mol. The van der Waals surface area contributed by atoms with Crippen LogP contribution in [0.15, 0.2) is 35.8 Å². The predicted octanol–water partition coefficient (Wildman–Crippen LogP) is 0.227. The van der Waals surface area contributed by atoms with E-state index < -0.39 is 23.8 Å². The van der Waals surface area contributed by atoms with Crippen LogP contribution in [-0.2, 0) is 14.3 Å². The van der Waals surface area contributed by atoms with Crippen LogP contribution in [0.3, 0.4) is 0 Å². The maximum Gasteiger partial charge on any atom is 0.372 e. The van der Waals surface area contributed by atoms with E-state index in [9.17, 15) is 9.59 Å². The van der Waals surface area contributed by atoms with Crippen molar-refractivity contribution in [1.82, 2.24) is 0 Å². The Morgan fingerprint density at radius 2 is 2.19 bits per heavy atom. The first-order chi connectivity index (χ1) is 7.54. The van der Waals surface area contributed by atoms with Gasteiger partial charge in [-0.05, 0) is 6.08 Å². The summed E-state index contributed by atoms with van der Waals surface area (Å²) in [6, 6.07) is 0. The van der Waals surface area contributed by atoms with Crippen LogP contribution >= 0.6 is 0 Å². The Balaban J connectivity index is 2.74. The molecular weight excluding hydrogens is 214 g/mol. The third-order valence-corrected chi connectivity index (χ3v) is 1.92. The largest absolute Gasteiger partial charge is 0.478 e.